The molecule has 1 aromatic rings. The summed E-state index contributed by atoms with van der Waals surface area (Å²) in [6.07, 6.45) is 4.86. The summed E-state index contributed by atoms with van der Waals surface area (Å²) in [5, 5.41) is 6.65. The van der Waals surface area contributed by atoms with Gasteiger partial charge in [0.15, 0.2) is 0 Å². The molecule has 0 saturated carbocycles. The van der Waals surface area contributed by atoms with Crippen molar-refractivity contribution in [3.8, 4) is 5.75 Å². The topological polar surface area (TPSA) is 59.6 Å². The molecule has 2 fully saturated rings. The predicted molar refractivity (Wildman–Crippen MR) is 107 cm³/mol. The zero-order valence-electron chi connectivity index (χ0n) is 16.8. The van der Waals surface area contributed by atoms with Gasteiger partial charge in [0.2, 0.25) is 5.91 Å². The third kappa shape index (κ3) is 5.23. The summed E-state index contributed by atoms with van der Waals surface area (Å²) in [4.78, 5) is 12.6. The Morgan fingerprint density at radius 2 is 1.93 bits per heavy atom. The van der Waals surface area contributed by atoms with Gasteiger partial charge in [0, 0.05) is 31.6 Å². The Bertz CT molecular complexity index is 590. The van der Waals surface area contributed by atoms with E-state index in [-0.39, 0.29) is 11.3 Å². The molecule has 1 amide bonds. The fourth-order valence-electron chi connectivity index (χ4n) is 4.49. The fraction of sp³-hybridized carbons (Fsp3) is 0.682. The number of carbonyl (C=O) groups is 1. The van der Waals surface area contributed by atoms with Crippen LogP contribution in [0.3, 0.4) is 0 Å². The average Bonchev–Trinajstić information content (AvgIpc) is 2.73. The number of amides is 1. The highest BCUT2D eigenvalue weighted by Gasteiger charge is 2.35. The lowest BCUT2D eigenvalue weighted by Gasteiger charge is -2.38. The van der Waals surface area contributed by atoms with E-state index in [1.165, 1.54) is 18.4 Å². The number of benzene rings is 1. The van der Waals surface area contributed by atoms with Crippen molar-refractivity contribution in [1.82, 2.24) is 10.6 Å². The number of hydrogen-bond donors (Lipinski definition) is 2. The molecule has 2 N–H and O–H groups in total. The molecule has 1 aromatic carbocycles. The number of hydrogen-bond acceptors (Lipinski definition) is 4. The maximum atomic E-state index is 12.6. The molecule has 2 aliphatic heterocycles. The predicted octanol–water partition coefficient (Wildman–Crippen LogP) is 2.89. The smallest absolute Gasteiger partial charge is 0.220 e. The zero-order valence-corrected chi connectivity index (χ0v) is 16.8. The maximum Gasteiger partial charge on any atom is 0.220 e. The first-order valence-electron chi connectivity index (χ1n) is 10.3. The second kappa shape index (κ2) is 9.56. The van der Waals surface area contributed by atoms with Crippen molar-refractivity contribution in [2.45, 2.75) is 44.4 Å². The van der Waals surface area contributed by atoms with Crippen LogP contribution in [0.25, 0.3) is 0 Å². The van der Waals surface area contributed by atoms with E-state index >= 15 is 0 Å². The third-order valence-electron chi connectivity index (χ3n) is 6.47. The molecule has 150 valence electrons. The van der Waals surface area contributed by atoms with E-state index < -0.39 is 0 Å². The van der Waals surface area contributed by atoms with Gasteiger partial charge in [-0.2, -0.15) is 0 Å². The Labute approximate surface area is 163 Å². The highest BCUT2D eigenvalue weighted by atomic mass is 16.5. The van der Waals surface area contributed by atoms with Crippen molar-refractivity contribution in [3.63, 3.8) is 0 Å². The van der Waals surface area contributed by atoms with Crippen molar-refractivity contribution in [2.24, 2.45) is 11.8 Å². The summed E-state index contributed by atoms with van der Waals surface area (Å²) in [7, 11) is 1.68. The van der Waals surface area contributed by atoms with Gasteiger partial charge >= 0.3 is 0 Å². The van der Waals surface area contributed by atoms with Crippen LogP contribution < -0.4 is 15.4 Å². The van der Waals surface area contributed by atoms with Crippen LogP contribution in [0.2, 0.25) is 0 Å². The molecule has 2 heterocycles. The molecule has 27 heavy (non-hydrogen) atoms. The van der Waals surface area contributed by atoms with Crippen molar-refractivity contribution in [1.29, 1.82) is 0 Å². The number of rotatable bonds is 7. The summed E-state index contributed by atoms with van der Waals surface area (Å²) in [5.74, 6) is 2.15. The number of ether oxygens (including phenoxy) is 2. The fourth-order valence-corrected chi connectivity index (χ4v) is 4.49. The van der Waals surface area contributed by atoms with Crippen LogP contribution in [-0.4, -0.2) is 45.9 Å². The minimum atomic E-state index is -0.0435. The lowest BCUT2D eigenvalue weighted by molar-refractivity contribution is -0.122. The number of piperidine rings is 1. The minimum Gasteiger partial charge on any atom is -0.497 e. The molecular weight excluding hydrogens is 340 g/mol. The second-order valence-corrected chi connectivity index (χ2v) is 8.17. The van der Waals surface area contributed by atoms with Gasteiger partial charge < -0.3 is 20.1 Å². The first kappa shape index (κ1) is 20.2. The maximum absolute atomic E-state index is 12.6. The summed E-state index contributed by atoms with van der Waals surface area (Å²) in [6, 6.07) is 8.28. The minimum absolute atomic E-state index is 0.0435. The summed E-state index contributed by atoms with van der Waals surface area (Å²) in [5.41, 5.74) is 1.22. The van der Waals surface area contributed by atoms with Gasteiger partial charge in [0.05, 0.1) is 7.11 Å². The van der Waals surface area contributed by atoms with Crippen LogP contribution in [0, 0.1) is 11.8 Å². The highest BCUT2D eigenvalue weighted by Crippen LogP contribution is 2.35. The van der Waals surface area contributed by atoms with Gasteiger partial charge in [-0.3, -0.25) is 4.79 Å². The molecule has 2 saturated heterocycles. The molecule has 0 aromatic heterocycles. The van der Waals surface area contributed by atoms with Crippen molar-refractivity contribution in [3.05, 3.63) is 29.8 Å². The number of carbonyl (C=O) groups excluding carboxylic acids is 1. The molecular formula is C22H34N2O3. The van der Waals surface area contributed by atoms with Crippen LogP contribution in [-0.2, 0) is 14.9 Å². The van der Waals surface area contributed by atoms with Gasteiger partial charge in [-0.15, -0.1) is 0 Å². The van der Waals surface area contributed by atoms with Gasteiger partial charge in [0.25, 0.3) is 0 Å². The standard InChI is InChI=1S/C22H34N2O3/c1-17(18-7-11-23-12-8-18)15-21(25)24-16-22(9-13-27-14-10-22)19-3-5-20(26-2)6-4-19/h3-6,17-18,23H,7-16H2,1-2H3,(H,24,25). The summed E-state index contributed by atoms with van der Waals surface area (Å²) < 4.78 is 10.9. The first-order valence-corrected chi connectivity index (χ1v) is 10.3. The van der Waals surface area contributed by atoms with E-state index in [2.05, 4.69) is 29.7 Å². The van der Waals surface area contributed by atoms with Gasteiger partial charge in [-0.05, 0) is 68.3 Å². The Kier molecular flexibility index (Phi) is 7.13. The van der Waals surface area contributed by atoms with E-state index in [4.69, 9.17) is 9.47 Å². The molecule has 3 rings (SSSR count). The quantitative estimate of drug-likeness (QED) is 0.770. The molecule has 0 spiro atoms. The molecule has 5 nitrogen and oxygen atoms in total. The Balaban J connectivity index is 1.59. The van der Waals surface area contributed by atoms with E-state index in [1.807, 2.05) is 12.1 Å². The molecule has 1 unspecified atom stereocenters. The van der Waals surface area contributed by atoms with E-state index in [1.54, 1.807) is 7.11 Å². The zero-order chi connectivity index (χ0) is 19.1. The molecule has 2 aliphatic rings. The van der Waals surface area contributed by atoms with Gasteiger partial charge in [0.1, 0.15) is 5.75 Å². The van der Waals surface area contributed by atoms with E-state index in [0.29, 0.717) is 24.8 Å². The van der Waals surface area contributed by atoms with Crippen LogP contribution in [0.5, 0.6) is 5.75 Å². The van der Waals surface area contributed by atoms with Crippen molar-refractivity contribution < 1.29 is 14.3 Å². The van der Waals surface area contributed by atoms with Crippen LogP contribution in [0.15, 0.2) is 24.3 Å². The van der Waals surface area contributed by atoms with E-state index in [9.17, 15) is 4.79 Å². The summed E-state index contributed by atoms with van der Waals surface area (Å²) in [6.45, 7) is 6.55. The molecule has 1 atom stereocenters. The normalized spacial score (nSPS) is 21.4. The largest absolute Gasteiger partial charge is 0.497 e. The second-order valence-electron chi connectivity index (χ2n) is 8.17. The highest BCUT2D eigenvalue weighted by molar-refractivity contribution is 5.76. The van der Waals surface area contributed by atoms with Crippen LogP contribution >= 0.6 is 0 Å². The van der Waals surface area contributed by atoms with Crippen LogP contribution in [0.4, 0.5) is 0 Å². The van der Waals surface area contributed by atoms with Crippen molar-refractivity contribution in [2.75, 3.05) is 40.0 Å². The lowest BCUT2D eigenvalue weighted by atomic mass is 9.74. The molecule has 0 bridgehead atoms. The number of methoxy groups -OCH3 is 1. The monoisotopic (exact) mass is 374 g/mol. The average molecular weight is 375 g/mol. The number of nitrogens with one attached hydrogen (secondary N) is 2. The van der Waals surface area contributed by atoms with Gasteiger partial charge in [-0.25, -0.2) is 0 Å². The molecule has 0 aliphatic carbocycles. The third-order valence-corrected chi connectivity index (χ3v) is 6.47. The molecule has 0 radical (unpaired) electrons. The first-order chi connectivity index (χ1) is 13.1. The Hall–Kier alpha value is -1.59. The molecule has 5 heteroatoms. The van der Waals surface area contributed by atoms with Crippen molar-refractivity contribution >= 4 is 5.91 Å². The summed E-state index contributed by atoms with van der Waals surface area (Å²) >= 11 is 0. The van der Waals surface area contributed by atoms with Crippen LogP contribution in [0.1, 0.15) is 44.6 Å². The van der Waals surface area contributed by atoms with Gasteiger partial charge in [-0.1, -0.05) is 19.1 Å². The Morgan fingerprint density at radius 1 is 1.26 bits per heavy atom. The lowest BCUT2D eigenvalue weighted by Crippen LogP contribution is -2.45. The van der Waals surface area contributed by atoms with E-state index in [0.717, 1.165) is 44.9 Å². The SMILES string of the molecule is COc1ccc(C2(CNC(=O)CC(C)C3CCNCC3)CCOCC2)cc1. The Morgan fingerprint density at radius 3 is 2.56 bits per heavy atom.